The number of carbonyl (C=O) groups is 2. The van der Waals surface area contributed by atoms with Crippen LogP contribution in [0.15, 0.2) is 36.4 Å². The summed E-state index contributed by atoms with van der Waals surface area (Å²) in [6.45, 7) is 2.55. The van der Waals surface area contributed by atoms with Crippen molar-refractivity contribution in [1.29, 1.82) is 0 Å². The molecule has 0 aromatic heterocycles. The minimum absolute atomic E-state index is 0.00223. The van der Waals surface area contributed by atoms with Crippen molar-refractivity contribution in [2.45, 2.75) is 6.42 Å². The second kappa shape index (κ2) is 7.89. The van der Waals surface area contributed by atoms with Gasteiger partial charge in [0, 0.05) is 24.5 Å². The van der Waals surface area contributed by atoms with Gasteiger partial charge in [-0.1, -0.05) is 23.2 Å². The van der Waals surface area contributed by atoms with Crippen molar-refractivity contribution in [3.8, 4) is 5.75 Å². The van der Waals surface area contributed by atoms with Crippen LogP contribution >= 0.6 is 23.2 Å². The van der Waals surface area contributed by atoms with E-state index >= 15 is 0 Å². The first-order valence-corrected chi connectivity index (χ1v) is 9.78. The maximum absolute atomic E-state index is 12.5. The molecule has 28 heavy (non-hydrogen) atoms. The van der Waals surface area contributed by atoms with E-state index < -0.39 is 0 Å². The number of amides is 2. The van der Waals surface area contributed by atoms with Crippen LogP contribution in [0.3, 0.4) is 0 Å². The van der Waals surface area contributed by atoms with Gasteiger partial charge in [-0.3, -0.25) is 9.59 Å². The number of benzene rings is 2. The Balaban J connectivity index is 1.29. The number of nitrogens with zero attached hydrogens (tertiary/aromatic N) is 2. The zero-order chi connectivity index (χ0) is 19.7. The molecule has 0 radical (unpaired) electrons. The molecule has 0 atom stereocenters. The van der Waals surface area contributed by atoms with Gasteiger partial charge in [-0.25, -0.2) is 0 Å². The number of anilines is 2. The normalized spacial score (nSPS) is 16.2. The van der Waals surface area contributed by atoms with Gasteiger partial charge in [-0.15, -0.1) is 0 Å². The number of halogens is 2. The van der Waals surface area contributed by atoms with E-state index in [9.17, 15) is 9.59 Å². The molecule has 2 amide bonds. The van der Waals surface area contributed by atoms with Gasteiger partial charge in [0.2, 0.25) is 11.8 Å². The fraction of sp³-hybridized carbons (Fsp3) is 0.300. The fourth-order valence-electron chi connectivity index (χ4n) is 3.42. The molecule has 0 saturated carbocycles. The highest BCUT2D eigenvalue weighted by Crippen LogP contribution is 2.28. The lowest BCUT2D eigenvalue weighted by Crippen LogP contribution is -2.51. The lowest BCUT2D eigenvalue weighted by Gasteiger charge is -2.35. The number of piperazine rings is 1. The molecule has 0 bridgehead atoms. The molecule has 0 unspecified atom stereocenters. The third-order valence-electron chi connectivity index (χ3n) is 4.92. The van der Waals surface area contributed by atoms with Gasteiger partial charge in [0.05, 0.1) is 29.6 Å². The number of nitrogens with one attached hydrogen (secondary N) is 1. The first kappa shape index (κ1) is 18.9. The Morgan fingerprint density at radius 1 is 1.04 bits per heavy atom. The van der Waals surface area contributed by atoms with Gasteiger partial charge < -0.3 is 19.9 Å². The first-order chi connectivity index (χ1) is 13.5. The van der Waals surface area contributed by atoms with Crippen LogP contribution in [-0.2, 0) is 16.0 Å². The Bertz CT molecular complexity index is 935. The van der Waals surface area contributed by atoms with Crippen LogP contribution < -0.4 is 15.0 Å². The molecule has 1 N–H and O–H groups in total. The van der Waals surface area contributed by atoms with E-state index in [0.717, 1.165) is 23.5 Å². The van der Waals surface area contributed by atoms with Crippen LogP contribution in [0.5, 0.6) is 5.75 Å². The van der Waals surface area contributed by atoms with Crippen LogP contribution in [0.2, 0.25) is 10.0 Å². The molecule has 2 aliphatic rings. The highest BCUT2D eigenvalue weighted by Gasteiger charge is 2.24. The van der Waals surface area contributed by atoms with E-state index in [1.807, 2.05) is 29.2 Å². The number of hydrogen-bond acceptors (Lipinski definition) is 4. The van der Waals surface area contributed by atoms with Crippen molar-refractivity contribution in [3.63, 3.8) is 0 Å². The molecule has 1 fully saturated rings. The molecule has 2 heterocycles. The Kier molecular flexibility index (Phi) is 5.33. The average molecular weight is 420 g/mol. The van der Waals surface area contributed by atoms with Crippen LogP contribution in [-0.4, -0.2) is 49.5 Å². The highest BCUT2D eigenvalue weighted by molar-refractivity contribution is 6.42. The molecule has 8 heteroatoms. The molecule has 2 aromatic rings. The molecule has 2 aromatic carbocycles. The number of rotatable bonds is 5. The van der Waals surface area contributed by atoms with Gasteiger partial charge in [0.1, 0.15) is 12.4 Å². The van der Waals surface area contributed by atoms with Crippen molar-refractivity contribution in [2.75, 3.05) is 43.0 Å². The molecular weight excluding hydrogens is 401 g/mol. The molecule has 1 saturated heterocycles. The molecule has 146 valence electrons. The summed E-state index contributed by atoms with van der Waals surface area (Å²) in [6.07, 6.45) is 0.377. The number of hydrogen-bond donors (Lipinski definition) is 1. The molecule has 6 nitrogen and oxygen atoms in total. The van der Waals surface area contributed by atoms with Gasteiger partial charge in [0.25, 0.3) is 0 Å². The Morgan fingerprint density at radius 2 is 1.89 bits per heavy atom. The number of carbonyl (C=O) groups excluding carboxylic acids is 2. The number of fused-ring (bicyclic) bond motifs is 1. The van der Waals surface area contributed by atoms with E-state index in [2.05, 4.69) is 5.32 Å². The molecule has 4 rings (SSSR count). The quantitative estimate of drug-likeness (QED) is 0.807. The number of ether oxygens (including phenoxy) is 1. The summed E-state index contributed by atoms with van der Waals surface area (Å²) in [4.78, 5) is 27.7. The SMILES string of the molecule is O=C1Cc2cc(OCCN3CCN(c4ccc(Cl)c(Cl)c4)CC3=O)ccc2N1. The van der Waals surface area contributed by atoms with Crippen LogP contribution in [0.25, 0.3) is 0 Å². The van der Waals surface area contributed by atoms with Crippen LogP contribution in [0, 0.1) is 0 Å². The average Bonchev–Trinajstić information content (AvgIpc) is 3.04. The lowest BCUT2D eigenvalue weighted by atomic mass is 10.1. The third-order valence-corrected chi connectivity index (χ3v) is 5.66. The molecule has 0 aliphatic carbocycles. The van der Waals surface area contributed by atoms with Crippen molar-refractivity contribution in [1.82, 2.24) is 4.90 Å². The summed E-state index contributed by atoms with van der Waals surface area (Å²) in [6, 6.07) is 10.9. The monoisotopic (exact) mass is 419 g/mol. The summed E-state index contributed by atoms with van der Waals surface area (Å²) in [5.41, 5.74) is 2.67. The Labute approximate surface area is 173 Å². The zero-order valence-corrected chi connectivity index (χ0v) is 16.6. The standard InChI is InChI=1S/C20H19Cl2N3O3/c21-16-3-1-14(11-17(16)22)25-6-5-24(20(27)12-25)7-8-28-15-2-4-18-13(9-15)10-19(26)23-18/h1-4,9,11H,5-8,10,12H2,(H,23,26). The summed E-state index contributed by atoms with van der Waals surface area (Å²) in [5, 5.41) is 3.77. The summed E-state index contributed by atoms with van der Waals surface area (Å²) in [5.74, 6) is 0.749. The smallest absolute Gasteiger partial charge is 0.242 e. The predicted octanol–water partition coefficient (Wildman–Crippen LogP) is 3.22. The summed E-state index contributed by atoms with van der Waals surface area (Å²) in [7, 11) is 0. The van der Waals surface area contributed by atoms with Gasteiger partial charge >= 0.3 is 0 Å². The van der Waals surface area contributed by atoms with Crippen LogP contribution in [0.4, 0.5) is 11.4 Å². The molecule has 2 aliphatic heterocycles. The second-order valence-corrected chi connectivity index (χ2v) is 7.61. The van der Waals surface area contributed by atoms with Crippen molar-refractivity contribution in [3.05, 3.63) is 52.0 Å². The maximum atomic E-state index is 12.5. The fourth-order valence-corrected chi connectivity index (χ4v) is 3.71. The van der Waals surface area contributed by atoms with E-state index in [-0.39, 0.29) is 11.8 Å². The minimum atomic E-state index is -0.00223. The minimum Gasteiger partial charge on any atom is -0.492 e. The predicted molar refractivity (Wildman–Crippen MR) is 110 cm³/mol. The van der Waals surface area contributed by atoms with Crippen LogP contribution in [0.1, 0.15) is 5.56 Å². The highest BCUT2D eigenvalue weighted by atomic mass is 35.5. The van der Waals surface area contributed by atoms with Gasteiger partial charge in [0.15, 0.2) is 0 Å². The second-order valence-electron chi connectivity index (χ2n) is 6.79. The van der Waals surface area contributed by atoms with E-state index in [0.29, 0.717) is 48.5 Å². The molecular formula is C20H19Cl2N3O3. The summed E-state index contributed by atoms with van der Waals surface area (Å²) < 4.78 is 5.78. The largest absolute Gasteiger partial charge is 0.492 e. The first-order valence-electron chi connectivity index (χ1n) is 9.03. The van der Waals surface area contributed by atoms with Gasteiger partial charge in [-0.05, 0) is 42.0 Å². The van der Waals surface area contributed by atoms with Gasteiger partial charge in [-0.2, -0.15) is 0 Å². The zero-order valence-electron chi connectivity index (χ0n) is 15.1. The maximum Gasteiger partial charge on any atom is 0.242 e. The van der Waals surface area contributed by atoms with E-state index in [4.69, 9.17) is 27.9 Å². The van der Waals surface area contributed by atoms with Crippen molar-refractivity contribution >= 4 is 46.4 Å². The Hall–Kier alpha value is -2.44. The van der Waals surface area contributed by atoms with Crippen molar-refractivity contribution in [2.24, 2.45) is 0 Å². The molecule has 0 spiro atoms. The summed E-state index contributed by atoms with van der Waals surface area (Å²) >= 11 is 12.0. The third kappa shape index (κ3) is 4.03. The van der Waals surface area contributed by atoms with Crippen molar-refractivity contribution < 1.29 is 14.3 Å². The Morgan fingerprint density at radius 3 is 2.68 bits per heavy atom. The lowest BCUT2D eigenvalue weighted by molar-refractivity contribution is -0.131. The topological polar surface area (TPSA) is 61.9 Å². The van der Waals surface area contributed by atoms with E-state index in [1.165, 1.54) is 0 Å². The van der Waals surface area contributed by atoms with E-state index in [1.54, 1.807) is 17.0 Å².